The normalized spacial score (nSPS) is 16.7. The first kappa shape index (κ1) is 15.5. The van der Waals surface area contributed by atoms with Gasteiger partial charge >= 0.3 is 0 Å². The highest BCUT2D eigenvalue weighted by Gasteiger charge is 2.28. The SMILES string of the molecule is O=C(Nc1ccc(O)cc1)C(c1ccccc1)N1CCNCC1. The van der Waals surface area contributed by atoms with Crippen LogP contribution in [0.3, 0.4) is 0 Å². The van der Waals surface area contributed by atoms with Crippen LogP contribution in [0.4, 0.5) is 5.69 Å². The van der Waals surface area contributed by atoms with Crippen molar-refractivity contribution in [2.45, 2.75) is 6.04 Å². The van der Waals surface area contributed by atoms with Gasteiger partial charge in [-0.25, -0.2) is 0 Å². The number of hydrogen-bond acceptors (Lipinski definition) is 4. The third-order valence-electron chi connectivity index (χ3n) is 4.02. The Labute approximate surface area is 135 Å². The average molecular weight is 311 g/mol. The molecule has 1 amide bonds. The van der Waals surface area contributed by atoms with E-state index in [1.165, 1.54) is 0 Å². The molecule has 23 heavy (non-hydrogen) atoms. The molecule has 3 rings (SSSR count). The predicted molar refractivity (Wildman–Crippen MR) is 90.4 cm³/mol. The molecule has 1 atom stereocenters. The van der Waals surface area contributed by atoms with Crippen molar-refractivity contribution < 1.29 is 9.90 Å². The molecule has 1 unspecified atom stereocenters. The minimum atomic E-state index is -0.313. The van der Waals surface area contributed by atoms with Gasteiger partial charge in [0.2, 0.25) is 5.91 Å². The maximum Gasteiger partial charge on any atom is 0.246 e. The van der Waals surface area contributed by atoms with Crippen molar-refractivity contribution in [2.75, 3.05) is 31.5 Å². The fraction of sp³-hybridized carbons (Fsp3) is 0.278. The number of piperazine rings is 1. The fourth-order valence-corrected chi connectivity index (χ4v) is 2.86. The number of hydrogen-bond donors (Lipinski definition) is 3. The first-order valence-electron chi connectivity index (χ1n) is 7.83. The van der Waals surface area contributed by atoms with E-state index < -0.39 is 0 Å². The van der Waals surface area contributed by atoms with E-state index in [0.717, 1.165) is 31.7 Å². The molecule has 2 aromatic carbocycles. The summed E-state index contributed by atoms with van der Waals surface area (Å²) in [7, 11) is 0. The molecule has 120 valence electrons. The summed E-state index contributed by atoms with van der Waals surface area (Å²) in [6, 6.07) is 16.1. The number of anilines is 1. The number of aromatic hydroxyl groups is 1. The lowest BCUT2D eigenvalue weighted by atomic mass is 10.0. The van der Waals surface area contributed by atoms with E-state index in [-0.39, 0.29) is 17.7 Å². The van der Waals surface area contributed by atoms with Crippen molar-refractivity contribution in [1.29, 1.82) is 0 Å². The summed E-state index contributed by atoms with van der Waals surface area (Å²) in [6.07, 6.45) is 0. The van der Waals surface area contributed by atoms with E-state index in [1.54, 1.807) is 24.3 Å². The lowest BCUT2D eigenvalue weighted by Crippen LogP contribution is -2.48. The van der Waals surface area contributed by atoms with Gasteiger partial charge in [0.15, 0.2) is 0 Å². The van der Waals surface area contributed by atoms with Crippen LogP contribution < -0.4 is 10.6 Å². The standard InChI is InChI=1S/C18H21N3O2/c22-16-8-6-15(7-9-16)20-18(23)17(14-4-2-1-3-5-14)21-12-10-19-11-13-21/h1-9,17,19,22H,10-13H2,(H,20,23). The van der Waals surface area contributed by atoms with Gasteiger partial charge in [-0.15, -0.1) is 0 Å². The topological polar surface area (TPSA) is 64.6 Å². The summed E-state index contributed by atoms with van der Waals surface area (Å²) in [4.78, 5) is 15.1. The van der Waals surface area contributed by atoms with Crippen LogP contribution in [0.2, 0.25) is 0 Å². The Kier molecular flexibility index (Phi) is 4.90. The van der Waals surface area contributed by atoms with Crippen LogP contribution in [0.25, 0.3) is 0 Å². The number of carbonyl (C=O) groups is 1. The van der Waals surface area contributed by atoms with E-state index in [1.807, 2.05) is 30.3 Å². The molecule has 0 aromatic heterocycles. The van der Waals surface area contributed by atoms with Crippen LogP contribution in [0.1, 0.15) is 11.6 Å². The Morgan fingerprint density at radius 1 is 1.04 bits per heavy atom. The second kappa shape index (κ2) is 7.26. The van der Waals surface area contributed by atoms with Gasteiger partial charge in [-0.1, -0.05) is 30.3 Å². The summed E-state index contributed by atoms with van der Waals surface area (Å²) in [5, 5.41) is 15.6. The van der Waals surface area contributed by atoms with Crippen LogP contribution in [-0.4, -0.2) is 42.1 Å². The molecule has 0 aliphatic carbocycles. The van der Waals surface area contributed by atoms with Crippen LogP contribution in [-0.2, 0) is 4.79 Å². The second-order valence-electron chi connectivity index (χ2n) is 5.64. The van der Waals surface area contributed by atoms with Crippen molar-refractivity contribution in [3.05, 3.63) is 60.2 Å². The summed E-state index contributed by atoms with van der Waals surface area (Å²) in [5.74, 6) is 0.133. The molecule has 0 saturated carbocycles. The number of nitrogens with one attached hydrogen (secondary N) is 2. The fourth-order valence-electron chi connectivity index (χ4n) is 2.86. The molecule has 1 saturated heterocycles. The molecule has 1 fully saturated rings. The zero-order valence-corrected chi connectivity index (χ0v) is 12.9. The number of benzene rings is 2. The van der Waals surface area contributed by atoms with Gasteiger partial charge in [-0.05, 0) is 29.8 Å². The van der Waals surface area contributed by atoms with Gasteiger partial charge in [0.05, 0.1) is 0 Å². The summed E-state index contributed by atoms with van der Waals surface area (Å²) in [5.41, 5.74) is 1.68. The Balaban J connectivity index is 1.82. The number of rotatable bonds is 4. The predicted octanol–water partition coefficient (Wildman–Crippen LogP) is 1.98. The number of phenols is 1. The maximum absolute atomic E-state index is 12.9. The van der Waals surface area contributed by atoms with Crippen LogP contribution in [0.15, 0.2) is 54.6 Å². The maximum atomic E-state index is 12.9. The largest absolute Gasteiger partial charge is 0.508 e. The van der Waals surface area contributed by atoms with E-state index in [4.69, 9.17) is 0 Å². The van der Waals surface area contributed by atoms with E-state index >= 15 is 0 Å². The van der Waals surface area contributed by atoms with Crippen LogP contribution >= 0.6 is 0 Å². The Hall–Kier alpha value is -2.37. The Morgan fingerprint density at radius 3 is 2.35 bits per heavy atom. The molecule has 5 heteroatoms. The van der Waals surface area contributed by atoms with Gasteiger partial charge in [0.1, 0.15) is 11.8 Å². The molecule has 1 heterocycles. The van der Waals surface area contributed by atoms with Crippen molar-refractivity contribution in [3.8, 4) is 5.75 Å². The molecule has 0 bridgehead atoms. The number of nitrogens with zero attached hydrogens (tertiary/aromatic N) is 1. The highest BCUT2D eigenvalue weighted by atomic mass is 16.3. The van der Waals surface area contributed by atoms with Crippen molar-refractivity contribution >= 4 is 11.6 Å². The molecular formula is C18H21N3O2. The smallest absolute Gasteiger partial charge is 0.246 e. The van der Waals surface area contributed by atoms with Crippen molar-refractivity contribution in [2.24, 2.45) is 0 Å². The first-order valence-corrected chi connectivity index (χ1v) is 7.83. The minimum Gasteiger partial charge on any atom is -0.508 e. The quantitative estimate of drug-likeness (QED) is 0.756. The molecule has 3 N–H and O–H groups in total. The van der Waals surface area contributed by atoms with Crippen molar-refractivity contribution in [1.82, 2.24) is 10.2 Å². The van der Waals surface area contributed by atoms with Gasteiger partial charge in [-0.3, -0.25) is 9.69 Å². The van der Waals surface area contributed by atoms with Crippen LogP contribution in [0.5, 0.6) is 5.75 Å². The third-order valence-corrected chi connectivity index (χ3v) is 4.02. The van der Waals surface area contributed by atoms with Crippen molar-refractivity contribution in [3.63, 3.8) is 0 Å². The van der Waals surface area contributed by atoms with E-state index in [0.29, 0.717) is 5.69 Å². The van der Waals surface area contributed by atoms with Gasteiger partial charge in [-0.2, -0.15) is 0 Å². The second-order valence-corrected chi connectivity index (χ2v) is 5.64. The highest BCUT2D eigenvalue weighted by Crippen LogP contribution is 2.23. The van der Waals surface area contributed by atoms with Gasteiger partial charge in [0, 0.05) is 31.9 Å². The monoisotopic (exact) mass is 311 g/mol. The number of carbonyl (C=O) groups excluding carboxylic acids is 1. The number of phenolic OH excluding ortho intramolecular Hbond substituents is 1. The Morgan fingerprint density at radius 2 is 1.70 bits per heavy atom. The molecular weight excluding hydrogens is 290 g/mol. The molecule has 1 aliphatic rings. The third kappa shape index (κ3) is 3.88. The lowest BCUT2D eigenvalue weighted by Gasteiger charge is -2.34. The zero-order valence-electron chi connectivity index (χ0n) is 12.9. The molecule has 5 nitrogen and oxygen atoms in total. The highest BCUT2D eigenvalue weighted by molar-refractivity contribution is 5.95. The Bertz CT molecular complexity index is 637. The van der Waals surface area contributed by atoms with Crippen LogP contribution in [0, 0.1) is 0 Å². The average Bonchev–Trinajstić information content (AvgIpc) is 2.59. The van der Waals surface area contributed by atoms with E-state index in [2.05, 4.69) is 15.5 Å². The molecule has 0 spiro atoms. The molecule has 0 radical (unpaired) electrons. The molecule has 2 aromatic rings. The summed E-state index contributed by atoms with van der Waals surface area (Å²) in [6.45, 7) is 3.44. The molecule has 1 aliphatic heterocycles. The summed E-state index contributed by atoms with van der Waals surface area (Å²) >= 11 is 0. The lowest BCUT2D eigenvalue weighted by molar-refractivity contribution is -0.121. The minimum absolute atomic E-state index is 0.0520. The first-order chi connectivity index (χ1) is 11.2. The van der Waals surface area contributed by atoms with E-state index in [9.17, 15) is 9.90 Å². The zero-order chi connectivity index (χ0) is 16.1. The van der Waals surface area contributed by atoms with Gasteiger partial charge < -0.3 is 15.7 Å². The van der Waals surface area contributed by atoms with Gasteiger partial charge in [0.25, 0.3) is 0 Å². The number of amides is 1. The summed E-state index contributed by atoms with van der Waals surface area (Å²) < 4.78 is 0.